The highest BCUT2D eigenvalue weighted by Crippen LogP contribution is 2.29. The molecule has 3 aromatic rings. The van der Waals surface area contributed by atoms with E-state index in [4.69, 9.17) is 5.73 Å². The van der Waals surface area contributed by atoms with Crippen molar-refractivity contribution < 1.29 is 4.39 Å². The first-order valence-corrected chi connectivity index (χ1v) is 7.00. The van der Waals surface area contributed by atoms with Gasteiger partial charge in [-0.2, -0.15) is 0 Å². The maximum atomic E-state index is 13.6. The van der Waals surface area contributed by atoms with Gasteiger partial charge in [0.05, 0.1) is 16.0 Å². The van der Waals surface area contributed by atoms with Gasteiger partial charge in [-0.25, -0.2) is 4.39 Å². The molecular formula is C16H12BrFN2. The van der Waals surface area contributed by atoms with E-state index >= 15 is 0 Å². The SMILES string of the molecule is NC(c1ccc2ncccc2c1)c1cccc(F)c1Br. The molecule has 20 heavy (non-hydrogen) atoms. The van der Waals surface area contributed by atoms with Crippen LogP contribution in [0.5, 0.6) is 0 Å². The van der Waals surface area contributed by atoms with E-state index in [-0.39, 0.29) is 11.9 Å². The number of nitrogens with two attached hydrogens (primary N) is 1. The maximum absolute atomic E-state index is 13.6. The molecule has 4 heteroatoms. The molecule has 0 spiro atoms. The van der Waals surface area contributed by atoms with Crippen LogP contribution in [0.15, 0.2) is 59.2 Å². The molecule has 0 saturated carbocycles. The molecule has 0 amide bonds. The van der Waals surface area contributed by atoms with Crippen molar-refractivity contribution in [1.82, 2.24) is 4.98 Å². The van der Waals surface area contributed by atoms with Gasteiger partial charge in [0, 0.05) is 11.6 Å². The normalized spacial score (nSPS) is 12.6. The van der Waals surface area contributed by atoms with Crippen molar-refractivity contribution in [3.8, 4) is 0 Å². The zero-order valence-electron chi connectivity index (χ0n) is 10.6. The van der Waals surface area contributed by atoms with Gasteiger partial charge in [-0.3, -0.25) is 4.98 Å². The van der Waals surface area contributed by atoms with Gasteiger partial charge in [0.15, 0.2) is 0 Å². The van der Waals surface area contributed by atoms with Crippen LogP contribution in [0.2, 0.25) is 0 Å². The molecule has 2 N–H and O–H groups in total. The number of pyridine rings is 1. The summed E-state index contributed by atoms with van der Waals surface area (Å²) in [6.07, 6.45) is 1.76. The number of halogens is 2. The molecule has 3 rings (SSSR count). The van der Waals surface area contributed by atoms with Gasteiger partial charge in [-0.05, 0) is 51.3 Å². The second kappa shape index (κ2) is 5.31. The van der Waals surface area contributed by atoms with Gasteiger partial charge >= 0.3 is 0 Å². The highest BCUT2D eigenvalue weighted by Gasteiger charge is 2.15. The van der Waals surface area contributed by atoms with Crippen molar-refractivity contribution in [2.75, 3.05) is 0 Å². The predicted octanol–water partition coefficient (Wildman–Crippen LogP) is 4.18. The average molecular weight is 331 g/mol. The quantitative estimate of drug-likeness (QED) is 0.765. The van der Waals surface area contributed by atoms with E-state index < -0.39 is 0 Å². The van der Waals surface area contributed by atoms with E-state index in [0.717, 1.165) is 22.0 Å². The highest BCUT2D eigenvalue weighted by molar-refractivity contribution is 9.10. The third-order valence-electron chi connectivity index (χ3n) is 3.30. The Morgan fingerprint density at radius 2 is 1.95 bits per heavy atom. The monoisotopic (exact) mass is 330 g/mol. The molecule has 2 aromatic carbocycles. The lowest BCUT2D eigenvalue weighted by Crippen LogP contribution is -2.13. The maximum Gasteiger partial charge on any atom is 0.137 e. The number of aromatic nitrogens is 1. The largest absolute Gasteiger partial charge is 0.320 e. The van der Waals surface area contributed by atoms with E-state index in [1.165, 1.54) is 6.07 Å². The second-order valence-electron chi connectivity index (χ2n) is 4.58. The molecule has 0 radical (unpaired) electrons. The van der Waals surface area contributed by atoms with E-state index in [1.54, 1.807) is 12.3 Å². The number of nitrogens with zero attached hydrogens (tertiary/aromatic N) is 1. The summed E-state index contributed by atoms with van der Waals surface area (Å²) < 4.78 is 14.0. The lowest BCUT2D eigenvalue weighted by atomic mass is 9.98. The van der Waals surface area contributed by atoms with Crippen LogP contribution in [0.1, 0.15) is 17.2 Å². The van der Waals surface area contributed by atoms with Crippen LogP contribution in [0, 0.1) is 5.82 Å². The van der Waals surface area contributed by atoms with Crippen molar-refractivity contribution in [2.45, 2.75) is 6.04 Å². The molecule has 1 heterocycles. The van der Waals surface area contributed by atoms with Crippen molar-refractivity contribution in [1.29, 1.82) is 0 Å². The Hall–Kier alpha value is -1.78. The number of fused-ring (bicyclic) bond motifs is 1. The van der Waals surface area contributed by atoms with E-state index in [1.807, 2.05) is 36.4 Å². The number of hydrogen-bond donors (Lipinski definition) is 1. The van der Waals surface area contributed by atoms with Crippen molar-refractivity contribution in [3.05, 3.63) is 76.1 Å². The molecule has 100 valence electrons. The van der Waals surface area contributed by atoms with Crippen molar-refractivity contribution >= 4 is 26.8 Å². The van der Waals surface area contributed by atoms with Gasteiger partial charge in [0.2, 0.25) is 0 Å². The summed E-state index contributed by atoms with van der Waals surface area (Å²) in [6.45, 7) is 0. The van der Waals surface area contributed by atoms with Gasteiger partial charge in [0.1, 0.15) is 5.82 Å². The smallest absolute Gasteiger partial charge is 0.137 e. The van der Waals surface area contributed by atoms with E-state index in [0.29, 0.717) is 4.47 Å². The lowest BCUT2D eigenvalue weighted by Gasteiger charge is -2.15. The van der Waals surface area contributed by atoms with Crippen LogP contribution in [0.3, 0.4) is 0 Å². The zero-order valence-corrected chi connectivity index (χ0v) is 12.1. The molecule has 0 fully saturated rings. The van der Waals surface area contributed by atoms with E-state index in [9.17, 15) is 4.39 Å². The minimum absolute atomic E-state index is 0.305. The molecular weight excluding hydrogens is 319 g/mol. The third kappa shape index (κ3) is 2.32. The standard InChI is InChI=1S/C16H12BrFN2/c17-15-12(4-1-5-13(15)18)16(19)11-6-7-14-10(9-11)3-2-8-20-14/h1-9,16H,19H2. The molecule has 1 aromatic heterocycles. The fourth-order valence-electron chi connectivity index (χ4n) is 2.23. The fourth-order valence-corrected chi connectivity index (χ4v) is 2.74. The Kier molecular flexibility index (Phi) is 3.51. The van der Waals surface area contributed by atoms with Crippen LogP contribution in [0.25, 0.3) is 10.9 Å². The summed E-state index contributed by atoms with van der Waals surface area (Å²) in [6, 6.07) is 14.2. The molecule has 0 bridgehead atoms. The molecule has 0 aliphatic carbocycles. The molecule has 0 saturated heterocycles. The topological polar surface area (TPSA) is 38.9 Å². The molecule has 1 atom stereocenters. The highest BCUT2D eigenvalue weighted by atomic mass is 79.9. The Balaban J connectivity index is 2.08. The van der Waals surface area contributed by atoms with Gasteiger partial charge in [0.25, 0.3) is 0 Å². The Morgan fingerprint density at radius 3 is 2.80 bits per heavy atom. The zero-order chi connectivity index (χ0) is 14.1. The summed E-state index contributed by atoms with van der Waals surface area (Å²) >= 11 is 3.26. The predicted molar refractivity (Wildman–Crippen MR) is 81.9 cm³/mol. The van der Waals surface area contributed by atoms with Crippen LogP contribution < -0.4 is 5.73 Å². The summed E-state index contributed by atoms with van der Waals surface area (Å²) in [5, 5.41) is 1.02. The fraction of sp³-hybridized carbons (Fsp3) is 0.0625. The third-order valence-corrected chi connectivity index (χ3v) is 4.14. The Labute approximate surface area is 124 Å². The number of hydrogen-bond acceptors (Lipinski definition) is 2. The second-order valence-corrected chi connectivity index (χ2v) is 5.37. The lowest BCUT2D eigenvalue weighted by molar-refractivity contribution is 0.616. The minimum Gasteiger partial charge on any atom is -0.320 e. The van der Waals surface area contributed by atoms with E-state index in [2.05, 4.69) is 20.9 Å². The first kappa shape index (κ1) is 13.2. The van der Waals surface area contributed by atoms with Crippen molar-refractivity contribution in [2.24, 2.45) is 5.73 Å². The number of rotatable bonds is 2. The molecule has 1 unspecified atom stereocenters. The van der Waals surface area contributed by atoms with Crippen LogP contribution in [-0.2, 0) is 0 Å². The summed E-state index contributed by atoms with van der Waals surface area (Å²) in [5.41, 5.74) is 8.84. The van der Waals surface area contributed by atoms with Gasteiger partial charge < -0.3 is 5.73 Å². The molecule has 2 nitrogen and oxygen atoms in total. The van der Waals surface area contributed by atoms with Crippen LogP contribution in [0.4, 0.5) is 4.39 Å². The average Bonchev–Trinajstić information content (AvgIpc) is 2.49. The number of benzene rings is 2. The van der Waals surface area contributed by atoms with Crippen molar-refractivity contribution in [3.63, 3.8) is 0 Å². The summed E-state index contributed by atoms with van der Waals surface area (Å²) in [7, 11) is 0. The molecule has 0 aliphatic heterocycles. The van der Waals surface area contributed by atoms with Crippen LogP contribution >= 0.6 is 15.9 Å². The summed E-state index contributed by atoms with van der Waals surface area (Å²) in [4.78, 5) is 4.28. The van der Waals surface area contributed by atoms with Crippen LogP contribution in [-0.4, -0.2) is 4.98 Å². The first-order valence-electron chi connectivity index (χ1n) is 6.21. The Bertz CT molecular complexity index is 773. The first-order chi connectivity index (χ1) is 9.66. The van der Waals surface area contributed by atoms with Gasteiger partial charge in [-0.15, -0.1) is 0 Å². The Morgan fingerprint density at radius 1 is 1.10 bits per heavy atom. The van der Waals surface area contributed by atoms with Gasteiger partial charge in [-0.1, -0.05) is 24.3 Å². The molecule has 0 aliphatic rings. The minimum atomic E-state index is -0.385. The summed E-state index contributed by atoms with van der Waals surface area (Å²) in [5.74, 6) is -0.305.